The van der Waals surface area contributed by atoms with Gasteiger partial charge in [0.05, 0.1) is 6.61 Å². The normalized spacial score (nSPS) is 12.2. The third kappa shape index (κ3) is 5.92. The van der Waals surface area contributed by atoms with Crippen molar-refractivity contribution >= 4 is 5.69 Å². The first-order valence-electron chi connectivity index (χ1n) is 6.96. The van der Waals surface area contributed by atoms with Crippen molar-refractivity contribution in [3.8, 4) is 5.75 Å². The number of rotatable bonds is 9. The van der Waals surface area contributed by atoms with E-state index in [1.807, 2.05) is 12.1 Å². The first-order chi connectivity index (χ1) is 8.76. The van der Waals surface area contributed by atoms with Gasteiger partial charge in [0, 0.05) is 24.8 Å². The molecule has 1 rings (SSSR count). The lowest BCUT2D eigenvalue weighted by Gasteiger charge is -2.12. The zero-order valence-electron chi connectivity index (χ0n) is 11.8. The molecule has 3 heteroatoms. The van der Waals surface area contributed by atoms with E-state index in [9.17, 15) is 0 Å². The molecule has 1 aromatic carbocycles. The maximum absolute atomic E-state index is 5.54. The molecule has 0 fully saturated rings. The molecule has 2 N–H and O–H groups in total. The van der Waals surface area contributed by atoms with Crippen LogP contribution in [0.3, 0.4) is 0 Å². The summed E-state index contributed by atoms with van der Waals surface area (Å²) >= 11 is 0. The number of hydrogen-bond donors (Lipinski definition) is 2. The number of ether oxygens (including phenoxy) is 1. The van der Waals surface area contributed by atoms with Gasteiger partial charge in [-0.25, -0.2) is 0 Å². The second-order valence-electron chi connectivity index (χ2n) is 4.56. The number of benzene rings is 1. The lowest BCUT2D eigenvalue weighted by molar-refractivity contribution is 0.317. The second kappa shape index (κ2) is 8.81. The van der Waals surface area contributed by atoms with Crippen LogP contribution in [0.5, 0.6) is 5.75 Å². The van der Waals surface area contributed by atoms with Crippen molar-refractivity contribution in [1.82, 2.24) is 5.32 Å². The molecule has 0 amide bonds. The lowest BCUT2D eigenvalue weighted by atomic mass is 10.2. The smallest absolute Gasteiger partial charge is 0.119 e. The second-order valence-corrected chi connectivity index (χ2v) is 4.56. The molecular formula is C15H26N2O. The van der Waals surface area contributed by atoms with Crippen molar-refractivity contribution in [3.63, 3.8) is 0 Å². The SMILES string of the molecule is CCCOc1ccc(NCCNC(C)CC)cc1. The van der Waals surface area contributed by atoms with Crippen molar-refractivity contribution in [2.75, 3.05) is 25.0 Å². The summed E-state index contributed by atoms with van der Waals surface area (Å²) in [6, 6.07) is 8.75. The van der Waals surface area contributed by atoms with Gasteiger partial charge < -0.3 is 15.4 Å². The average molecular weight is 250 g/mol. The van der Waals surface area contributed by atoms with E-state index in [-0.39, 0.29) is 0 Å². The molecule has 0 aliphatic carbocycles. The summed E-state index contributed by atoms with van der Waals surface area (Å²) in [6.45, 7) is 9.23. The highest BCUT2D eigenvalue weighted by atomic mass is 16.5. The molecule has 0 heterocycles. The predicted molar refractivity (Wildman–Crippen MR) is 78.5 cm³/mol. The zero-order valence-corrected chi connectivity index (χ0v) is 11.8. The Hall–Kier alpha value is -1.22. The van der Waals surface area contributed by atoms with Gasteiger partial charge in [-0.05, 0) is 44.0 Å². The molecule has 0 bridgehead atoms. The van der Waals surface area contributed by atoms with Crippen molar-refractivity contribution in [2.24, 2.45) is 0 Å². The fourth-order valence-electron chi connectivity index (χ4n) is 1.56. The molecule has 0 saturated carbocycles. The van der Waals surface area contributed by atoms with Crippen LogP contribution in [-0.2, 0) is 0 Å². The lowest BCUT2D eigenvalue weighted by Crippen LogP contribution is -2.30. The van der Waals surface area contributed by atoms with Crippen LogP contribution in [0, 0.1) is 0 Å². The van der Waals surface area contributed by atoms with Gasteiger partial charge in [0.2, 0.25) is 0 Å². The first kappa shape index (κ1) is 14.8. The first-order valence-corrected chi connectivity index (χ1v) is 6.96. The quantitative estimate of drug-likeness (QED) is 0.660. The molecule has 1 aromatic rings. The van der Waals surface area contributed by atoms with Gasteiger partial charge in [0.25, 0.3) is 0 Å². The monoisotopic (exact) mass is 250 g/mol. The van der Waals surface area contributed by atoms with Crippen LogP contribution in [0.4, 0.5) is 5.69 Å². The van der Waals surface area contributed by atoms with Crippen LogP contribution in [-0.4, -0.2) is 25.7 Å². The van der Waals surface area contributed by atoms with E-state index in [1.165, 1.54) is 6.42 Å². The van der Waals surface area contributed by atoms with Crippen molar-refractivity contribution < 1.29 is 4.74 Å². The molecule has 0 saturated heterocycles. The summed E-state index contributed by atoms with van der Waals surface area (Å²) in [5.74, 6) is 0.945. The van der Waals surface area contributed by atoms with E-state index in [0.29, 0.717) is 6.04 Å². The van der Waals surface area contributed by atoms with Gasteiger partial charge in [0.1, 0.15) is 5.75 Å². The zero-order chi connectivity index (χ0) is 13.2. The van der Waals surface area contributed by atoms with E-state index in [0.717, 1.165) is 37.6 Å². The topological polar surface area (TPSA) is 33.3 Å². The van der Waals surface area contributed by atoms with Crippen molar-refractivity contribution in [1.29, 1.82) is 0 Å². The molecule has 1 atom stereocenters. The van der Waals surface area contributed by atoms with E-state index < -0.39 is 0 Å². The fraction of sp³-hybridized carbons (Fsp3) is 0.600. The molecule has 0 aliphatic heterocycles. The summed E-state index contributed by atoms with van der Waals surface area (Å²) < 4.78 is 5.54. The standard InChI is InChI=1S/C15H26N2O/c1-4-12-18-15-8-6-14(7-9-15)17-11-10-16-13(3)5-2/h6-9,13,16-17H,4-5,10-12H2,1-3H3. The van der Waals surface area contributed by atoms with Crippen LogP contribution in [0.25, 0.3) is 0 Å². The highest BCUT2D eigenvalue weighted by molar-refractivity contribution is 5.46. The molecular weight excluding hydrogens is 224 g/mol. The van der Waals surface area contributed by atoms with Crippen molar-refractivity contribution in [2.45, 2.75) is 39.7 Å². The van der Waals surface area contributed by atoms with E-state index >= 15 is 0 Å². The maximum Gasteiger partial charge on any atom is 0.119 e. The molecule has 0 radical (unpaired) electrons. The van der Waals surface area contributed by atoms with E-state index in [1.54, 1.807) is 0 Å². The summed E-state index contributed by atoms with van der Waals surface area (Å²) in [5, 5.41) is 6.84. The highest BCUT2D eigenvalue weighted by Crippen LogP contribution is 2.15. The Morgan fingerprint density at radius 3 is 2.44 bits per heavy atom. The van der Waals surface area contributed by atoms with Gasteiger partial charge in [-0.15, -0.1) is 0 Å². The molecule has 3 nitrogen and oxygen atoms in total. The Kier molecular flexibility index (Phi) is 7.26. The van der Waals surface area contributed by atoms with Crippen LogP contribution < -0.4 is 15.4 Å². The van der Waals surface area contributed by atoms with Crippen LogP contribution >= 0.6 is 0 Å². The Labute approximate surface area is 111 Å². The van der Waals surface area contributed by atoms with Gasteiger partial charge in [-0.3, -0.25) is 0 Å². The molecule has 0 aliphatic rings. The van der Waals surface area contributed by atoms with E-state index in [4.69, 9.17) is 4.74 Å². The Bertz CT molecular complexity index is 311. The van der Waals surface area contributed by atoms with E-state index in [2.05, 4.69) is 43.5 Å². The van der Waals surface area contributed by atoms with Gasteiger partial charge in [-0.2, -0.15) is 0 Å². The summed E-state index contributed by atoms with van der Waals surface area (Å²) in [7, 11) is 0. The summed E-state index contributed by atoms with van der Waals surface area (Å²) in [5.41, 5.74) is 1.14. The maximum atomic E-state index is 5.54. The predicted octanol–water partition coefficient (Wildman–Crippen LogP) is 3.28. The minimum atomic E-state index is 0.594. The minimum Gasteiger partial charge on any atom is -0.494 e. The highest BCUT2D eigenvalue weighted by Gasteiger charge is 1.97. The number of nitrogens with one attached hydrogen (secondary N) is 2. The Balaban J connectivity index is 2.22. The van der Waals surface area contributed by atoms with Crippen molar-refractivity contribution in [3.05, 3.63) is 24.3 Å². The van der Waals surface area contributed by atoms with Gasteiger partial charge in [-0.1, -0.05) is 13.8 Å². The molecule has 1 unspecified atom stereocenters. The Morgan fingerprint density at radius 2 is 1.83 bits per heavy atom. The number of hydrogen-bond acceptors (Lipinski definition) is 3. The van der Waals surface area contributed by atoms with Gasteiger partial charge in [0.15, 0.2) is 0 Å². The van der Waals surface area contributed by atoms with Crippen LogP contribution in [0.2, 0.25) is 0 Å². The molecule has 102 valence electrons. The molecule has 18 heavy (non-hydrogen) atoms. The third-order valence-electron chi connectivity index (χ3n) is 2.89. The Morgan fingerprint density at radius 1 is 1.11 bits per heavy atom. The summed E-state index contributed by atoms with van der Waals surface area (Å²) in [4.78, 5) is 0. The third-order valence-corrected chi connectivity index (χ3v) is 2.89. The summed E-state index contributed by atoms with van der Waals surface area (Å²) in [6.07, 6.45) is 2.21. The largest absolute Gasteiger partial charge is 0.494 e. The van der Waals surface area contributed by atoms with Gasteiger partial charge >= 0.3 is 0 Å². The number of anilines is 1. The van der Waals surface area contributed by atoms with Crippen LogP contribution in [0.15, 0.2) is 24.3 Å². The average Bonchev–Trinajstić information content (AvgIpc) is 2.42. The van der Waals surface area contributed by atoms with Crippen LogP contribution in [0.1, 0.15) is 33.6 Å². The molecule has 0 aromatic heterocycles. The minimum absolute atomic E-state index is 0.594. The fourth-order valence-corrected chi connectivity index (χ4v) is 1.56. The molecule has 0 spiro atoms.